The first-order valence-corrected chi connectivity index (χ1v) is 7.19. The Balaban J connectivity index is 1.83. The first-order valence-electron chi connectivity index (χ1n) is 6.20. The molecule has 106 valence electrons. The van der Waals surface area contributed by atoms with E-state index in [1.165, 1.54) is 0 Å². The molecule has 0 spiro atoms. The van der Waals surface area contributed by atoms with Gasteiger partial charge in [0.15, 0.2) is 22.5 Å². The van der Waals surface area contributed by atoms with Crippen molar-refractivity contribution in [2.24, 2.45) is 7.05 Å². The summed E-state index contributed by atoms with van der Waals surface area (Å²) in [5, 5.41) is 9.32. The summed E-state index contributed by atoms with van der Waals surface area (Å²) in [6, 6.07) is 5.78. The van der Waals surface area contributed by atoms with Crippen LogP contribution in [0, 0.1) is 0 Å². The molecule has 6 nitrogen and oxygen atoms in total. The van der Waals surface area contributed by atoms with Gasteiger partial charge in [-0.25, -0.2) is 0 Å². The monoisotopic (exact) mass is 293 g/mol. The molecule has 20 heavy (non-hydrogen) atoms. The molecule has 0 radical (unpaired) electrons. The molecule has 7 heteroatoms. The molecule has 2 heterocycles. The zero-order valence-electron chi connectivity index (χ0n) is 11.3. The summed E-state index contributed by atoms with van der Waals surface area (Å²) in [7, 11) is 3.64. The Labute approximate surface area is 121 Å². The molecule has 1 aliphatic heterocycles. The van der Waals surface area contributed by atoms with Gasteiger partial charge in [-0.3, -0.25) is 0 Å². The predicted molar refractivity (Wildman–Crippen MR) is 75.2 cm³/mol. The first-order chi connectivity index (χ1) is 9.79. The average molecular weight is 293 g/mol. The minimum atomic E-state index is 0.274. The van der Waals surface area contributed by atoms with Gasteiger partial charge in [-0.1, -0.05) is 11.8 Å². The highest BCUT2D eigenvalue weighted by atomic mass is 32.2. The van der Waals surface area contributed by atoms with Crippen molar-refractivity contribution >= 4 is 11.8 Å². The summed E-state index contributed by atoms with van der Waals surface area (Å²) in [6.45, 7) is 0.965. The van der Waals surface area contributed by atoms with E-state index in [0.29, 0.717) is 6.61 Å². The molecule has 1 aromatic carbocycles. The van der Waals surface area contributed by atoms with Crippen LogP contribution in [0.3, 0.4) is 0 Å². The number of fused-ring (bicyclic) bond motifs is 1. The molecule has 0 bridgehead atoms. The number of nitrogens with zero attached hydrogens (tertiary/aromatic N) is 3. The number of aromatic nitrogens is 3. The standard InChI is InChI=1S/C13H15N3O3S/c1-16-12(14-15-13(16)20-6-5-17-2)9-3-4-10-11(7-9)19-8-18-10/h3-4,7H,5-6,8H2,1-2H3. The lowest BCUT2D eigenvalue weighted by Crippen LogP contribution is -1.97. The van der Waals surface area contributed by atoms with Gasteiger partial charge in [0.1, 0.15) is 0 Å². The highest BCUT2D eigenvalue weighted by Crippen LogP contribution is 2.35. The van der Waals surface area contributed by atoms with Crippen LogP contribution in [0.4, 0.5) is 0 Å². The number of rotatable bonds is 5. The van der Waals surface area contributed by atoms with Gasteiger partial charge < -0.3 is 18.8 Å². The molecular weight excluding hydrogens is 278 g/mol. The van der Waals surface area contributed by atoms with Crippen molar-refractivity contribution in [3.05, 3.63) is 18.2 Å². The topological polar surface area (TPSA) is 58.4 Å². The molecule has 0 aliphatic carbocycles. The van der Waals surface area contributed by atoms with Crippen LogP contribution in [0.2, 0.25) is 0 Å². The minimum absolute atomic E-state index is 0.274. The Morgan fingerprint density at radius 1 is 1.30 bits per heavy atom. The largest absolute Gasteiger partial charge is 0.454 e. The number of benzene rings is 1. The lowest BCUT2D eigenvalue weighted by Gasteiger charge is -2.04. The van der Waals surface area contributed by atoms with Crippen LogP contribution in [0.15, 0.2) is 23.4 Å². The summed E-state index contributed by atoms with van der Waals surface area (Å²) in [6.07, 6.45) is 0. The quantitative estimate of drug-likeness (QED) is 0.620. The van der Waals surface area contributed by atoms with Gasteiger partial charge in [-0.2, -0.15) is 0 Å². The summed E-state index contributed by atoms with van der Waals surface area (Å²) < 4.78 is 17.7. The van der Waals surface area contributed by atoms with Crippen molar-refractivity contribution in [3.63, 3.8) is 0 Å². The van der Waals surface area contributed by atoms with Crippen LogP contribution in [0.1, 0.15) is 0 Å². The van der Waals surface area contributed by atoms with Crippen molar-refractivity contribution in [2.45, 2.75) is 5.16 Å². The molecule has 0 N–H and O–H groups in total. The minimum Gasteiger partial charge on any atom is -0.454 e. The van der Waals surface area contributed by atoms with Gasteiger partial charge >= 0.3 is 0 Å². The molecule has 0 unspecified atom stereocenters. The second-order valence-corrected chi connectivity index (χ2v) is 5.34. The number of methoxy groups -OCH3 is 1. The van der Waals surface area contributed by atoms with E-state index in [2.05, 4.69) is 10.2 Å². The third-order valence-corrected chi connectivity index (χ3v) is 3.97. The zero-order valence-corrected chi connectivity index (χ0v) is 12.1. The fourth-order valence-corrected chi connectivity index (χ4v) is 2.76. The van der Waals surface area contributed by atoms with Crippen LogP contribution in [0.5, 0.6) is 11.5 Å². The molecular formula is C13H15N3O3S. The SMILES string of the molecule is COCCSc1nnc(-c2ccc3c(c2)OCO3)n1C. The summed E-state index contributed by atoms with van der Waals surface area (Å²) in [5.74, 6) is 3.18. The van der Waals surface area contributed by atoms with Gasteiger partial charge in [0, 0.05) is 25.5 Å². The number of hydrogen-bond acceptors (Lipinski definition) is 6. The summed E-state index contributed by atoms with van der Waals surface area (Å²) in [4.78, 5) is 0. The molecule has 0 saturated carbocycles. The van der Waals surface area contributed by atoms with E-state index in [0.717, 1.165) is 33.8 Å². The highest BCUT2D eigenvalue weighted by molar-refractivity contribution is 7.99. The van der Waals surface area contributed by atoms with Gasteiger partial charge in [-0.15, -0.1) is 10.2 Å². The van der Waals surface area contributed by atoms with Crippen molar-refractivity contribution < 1.29 is 14.2 Å². The fraction of sp³-hybridized carbons (Fsp3) is 0.385. The van der Waals surface area contributed by atoms with E-state index in [4.69, 9.17) is 14.2 Å². The van der Waals surface area contributed by atoms with E-state index in [-0.39, 0.29) is 6.79 Å². The van der Waals surface area contributed by atoms with Gasteiger partial charge in [0.2, 0.25) is 6.79 Å². The van der Waals surface area contributed by atoms with Crippen molar-refractivity contribution in [3.8, 4) is 22.9 Å². The average Bonchev–Trinajstić information content (AvgIpc) is 3.05. The molecule has 0 fully saturated rings. The summed E-state index contributed by atoms with van der Waals surface area (Å²) in [5.41, 5.74) is 0.961. The van der Waals surface area contributed by atoms with Crippen LogP contribution in [-0.2, 0) is 11.8 Å². The van der Waals surface area contributed by atoms with Crippen LogP contribution in [0.25, 0.3) is 11.4 Å². The van der Waals surface area contributed by atoms with E-state index < -0.39 is 0 Å². The Bertz CT molecular complexity index is 615. The van der Waals surface area contributed by atoms with Crippen LogP contribution < -0.4 is 9.47 Å². The van der Waals surface area contributed by atoms with E-state index in [1.54, 1.807) is 18.9 Å². The smallest absolute Gasteiger partial charge is 0.231 e. The van der Waals surface area contributed by atoms with Gasteiger partial charge in [0.05, 0.1) is 6.61 Å². The second kappa shape index (κ2) is 5.72. The molecule has 1 aromatic heterocycles. The zero-order chi connectivity index (χ0) is 13.9. The fourth-order valence-electron chi connectivity index (χ4n) is 1.94. The maximum atomic E-state index is 5.39. The van der Waals surface area contributed by atoms with Crippen molar-refractivity contribution in [1.29, 1.82) is 0 Å². The number of hydrogen-bond donors (Lipinski definition) is 0. The normalized spacial score (nSPS) is 12.9. The van der Waals surface area contributed by atoms with Crippen molar-refractivity contribution in [2.75, 3.05) is 26.3 Å². The Kier molecular flexibility index (Phi) is 3.79. The highest BCUT2D eigenvalue weighted by Gasteiger charge is 2.17. The molecule has 1 aliphatic rings. The lowest BCUT2D eigenvalue weighted by molar-refractivity contribution is 0.174. The second-order valence-electron chi connectivity index (χ2n) is 4.27. The molecule has 3 rings (SSSR count). The Morgan fingerprint density at radius 3 is 3.00 bits per heavy atom. The third-order valence-electron chi connectivity index (χ3n) is 2.98. The van der Waals surface area contributed by atoms with Gasteiger partial charge in [-0.05, 0) is 18.2 Å². The molecule has 0 saturated heterocycles. The van der Waals surface area contributed by atoms with Crippen molar-refractivity contribution in [1.82, 2.24) is 14.8 Å². The number of ether oxygens (including phenoxy) is 3. The third kappa shape index (κ3) is 2.46. The summed E-state index contributed by atoms with van der Waals surface area (Å²) >= 11 is 1.62. The lowest BCUT2D eigenvalue weighted by atomic mass is 10.2. The first kappa shape index (κ1) is 13.3. The Hall–Kier alpha value is -1.73. The maximum absolute atomic E-state index is 5.39. The van der Waals surface area contributed by atoms with Crippen LogP contribution in [-0.4, -0.2) is 41.0 Å². The Morgan fingerprint density at radius 2 is 2.15 bits per heavy atom. The number of thioether (sulfide) groups is 1. The molecule has 0 amide bonds. The van der Waals surface area contributed by atoms with Gasteiger partial charge in [0.25, 0.3) is 0 Å². The van der Waals surface area contributed by atoms with E-state index >= 15 is 0 Å². The predicted octanol–water partition coefficient (Wildman–Crippen LogP) is 1.95. The molecule has 2 aromatic rings. The maximum Gasteiger partial charge on any atom is 0.231 e. The van der Waals surface area contributed by atoms with E-state index in [9.17, 15) is 0 Å². The van der Waals surface area contributed by atoms with Crippen LogP contribution >= 0.6 is 11.8 Å². The molecule has 0 atom stereocenters. The van der Waals surface area contributed by atoms with E-state index in [1.807, 2.05) is 29.8 Å².